The molecular formula is C38H48N6O5. The zero-order valence-electron chi connectivity index (χ0n) is 28.9. The van der Waals surface area contributed by atoms with Crippen LogP contribution in [0.15, 0.2) is 48.9 Å². The number of methoxy groups -OCH3 is 1. The fraction of sp³-hybridized carbons (Fsp3) is 0.553. The molecule has 0 bridgehead atoms. The Morgan fingerprint density at radius 1 is 1.02 bits per heavy atom. The minimum absolute atomic E-state index is 0.0939. The van der Waals surface area contributed by atoms with Crippen LogP contribution in [0.4, 0.5) is 10.6 Å². The van der Waals surface area contributed by atoms with E-state index in [1.54, 1.807) is 18.2 Å². The van der Waals surface area contributed by atoms with E-state index in [2.05, 4.69) is 31.1 Å². The van der Waals surface area contributed by atoms with E-state index < -0.39 is 0 Å². The molecule has 6 rings (SSSR count). The minimum atomic E-state index is -0.282. The van der Waals surface area contributed by atoms with Gasteiger partial charge in [0, 0.05) is 49.6 Å². The fourth-order valence-corrected chi connectivity index (χ4v) is 7.43. The molecule has 2 amide bonds. The summed E-state index contributed by atoms with van der Waals surface area (Å²) in [4.78, 5) is 35.5. The number of rotatable bonds is 9. The smallest absolute Gasteiger partial charge is 0.410 e. The predicted octanol–water partition coefficient (Wildman–Crippen LogP) is 6.74. The maximum Gasteiger partial charge on any atom is 0.410 e. The van der Waals surface area contributed by atoms with Gasteiger partial charge in [0.25, 0.3) is 0 Å². The van der Waals surface area contributed by atoms with Gasteiger partial charge in [0.1, 0.15) is 23.7 Å². The van der Waals surface area contributed by atoms with Crippen LogP contribution in [0.25, 0.3) is 11.1 Å². The van der Waals surface area contributed by atoms with Gasteiger partial charge in [0.05, 0.1) is 32.1 Å². The summed E-state index contributed by atoms with van der Waals surface area (Å²) in [7, 11) is 1.59. The molecule has 0 unspecified atom stereocenters. The third-order valence-corrected chi connectivity index (χ3v) is 10.4. The molecule has 260 valence electrons. The molecule has 3 heterocycles. The topological polar surface area (TPSA) is 123 Å². The Morgan fingerprint density at radius 3 is 2.45 bits per heavy atom. The van der Waals surface area contributed by atoms with Crippen LogP contribution in [0.5, 0.6) is 5.75 Å². The van der Waals surface area contributed by atoms with Crippen molar-refractivity contribution in [3.63, 3.8) is 0 Å². The monoisotopic (exact) mass is 668 g/mol. The SMILES string of the molecule is COc1ccc([C@H]2CC[C@H](CN(c3cc(-c4cnn(C(C)C)c4)ccn3)C(=O)[C@H]3CC[C@H](OC(=O)N4CCOCC4)CC3)CC2)cc1C#N. The molecule has 49 heavy (non-hydrogen) atoms. The first kappa shape index (κ1) is 34.4. The van der Waals surface area contributed by atoms with Gasteiger partial charge in [-0.3, -0.25) is 14.4 Å². The van der Waals surface area contributed by atoms with E-state index in [9.17, 15) is 14.9 Å². The number of morpholine rings is 1. The molecule has 11 heteroatoms. The standard InChI is InChI=1S/C38H48N6O5/c1-26(2)44-25-33(23-41-44)31-14-15-40-36(21-31)43(24-27-4-6-28(7-5-27)30-10-13-35(47-3)32(20-30)22-39)37(45)29-8-11-34(12-9-29)49-38(46)42-16-18-48-19-17-42/h10,13-15,20-21,23,25-29,34H,4-9,11-12,16-19,24H2,1-3H3/t27-,28-,29-,34-. The molecule has 2 saturated carbocycles. The summed E-state index contributed by atoms with van der Waals surface area (Å²) in [6.07, 6.45) is 11.8. The number of benzene rings is 1. The Morgan fingerprint density at radius 2 is 1.78 bits per heavy atom. The molecule has 3 aromatic rings. The largest absolute Gasteiger partial charge is 0.495 e. The zero-order chi connectivity index (χ0) is 34.3. The summed E-state index contributed by atoms with van der Waals surface area (Å²) in [6.45, 7) is 6.97. The van der Waals surface area contributed by atoms with E-state index in [0.29, 0.717) is 87.5 Å². The van der Waals surface area contributed by atoms with Gasteiger partial charge in [-0.1, -0.05) is 6.07 Å². The Balaban J connectivity index is 1.15. The Hall–Kier alpha value is -4.43. The van der Waals surface area contributed by atoms with Crippen LogP contribution in [-0.2, 0) is 14.3 Å². The molecule has 0 radical (unpaired) electrons. The molecule has 11 nitrogen and oxygen atoms in total. The van der Waals surface area contributed by atoms with Gasteiger partial charge >= 0.3 is 6.09 Å². The number of hydrogen-bond acceptors (Lipinski definition) is 8. The fourth-order valence-electron chi connectivity index (χ4n) is 7.43. The average molecular weight is 669 g/mol. The van der Waals surface area contributed by atoms with E-state index in [4.69, 9.17) is 19.2 Å². The van der Waals surface area contributed by atoms with Crippen molar-refractivity contribution < 1.29 is 23.8 Å². The van der Waals surface area contributed by atoms with Crippen molar-refractivity contribution in [3.05, 3.63) is 60.0 Å². The van der Waals surface area contributed by atoms with Gasteiger partial charge in [-0.2, -0.15) is 10.4 Å². The van der Waals surface area contributed by atoms with Crippen LogP contribution >= 0.6 is 0 Å². The highest BCUT2D eigenvalue weighted by Gasteiger charge is 2.35. The summed E-state index contributed by atoms with van der Waals surface area (Å²) >= 11 is 0. The quantitative estimate of drug-likeness (QED) is 0.246. The average Bonchev–Trinajstić information content (AvgIpc) is 3.66. The Bertz CT molecular complexity index is 1630. The first-order valence-electron chi connectivity index (χ1n) is 17.8. The lowest BCUT2D eigenvalue weighted by Gasteiger charge is -2.36. The lowest BCUT2D eigenvalue weighted by atomic mass is 9.78. The van der Waals surface area contributed by atoms with E-state index in [-0.39, 0.29) is 30.1 Å². The van der Waals surface area contributed by atoms with Crippen LogP contribution < -0.4 is 9.64 Å². The Labute approximate surface area is 289 Å². The molecule has 0 atom stereocenters. The summed E-state index contributed by atoms with van der Waals surface area (Å²) in [5.74, 6) is 1.90. The van der Waals surface area contributed by atoms with Gasteiger partial charge in [-0.25, -0.2) is 9.78 Å². The van der Waals surface area contributed by atoms with Crippen LogP contribution in [-0.4, -0.2) is 77.7 Å². The third kappa shape index (κ3) is 8.24. The maximum absolute atomic E-state index is 14.4. The number of ether oxygens (including phenoxy) is 3. The van der Waals surface area contributed by atoms with E-state index in [0.717, 1.165) is 36.8 Å². The lowest BCUT2D eigenvalue weighted by molar-refractivity contribution is -0.124. The van der Waals surface area contributed by atoms with Crippen LogP contribution in [0.2, 0.25) is 0 Å². The zero-order valence-corrected chi connectivity index (χ0v) is 28.9. The molecule has 1 saturated heterocycles. The molecule has 0 spiro atoms. The normalized spacial score (nSPS) is 22.7. The maximum atomic E-state index is 14.4. The highest BCUT2D eigenvalue weighted by molar-refractivity contribution is 5.94. The van der Waals surface area contributed by atoms with Gasteiger partial charge in [-0.15, -0.1) is 0 Å². The summed E-state index contributed by atoms with van der Waals surface area (Å²) in [5.41, 5.74) is 3.70. The van der Waals surface area contributed by atoms with Gasteiger partial charge < -0.3 is 19.1 Å². The van der Waals surface area contributed by atoms with Crippen molar-refractivity contribution >= 4 is 17.8 Å². The number of hydrogen-bond donors (Lipinski definition) is 0. The molecule has 1 aromatic carbocycles. The van der Waals surface area contributed by atoms with Crippen molar-refractivity contribution in [1.29, 1.82) is 5.26 Å². The number of nitriles is 1. The number of carbonyl (C=O) groups excluding carboxylic acids is 2. The highest BCUT2D eigenvalue weighted by Crippen LogP contribution is 2.39. The van der Waals surface area contributed by atoms with Gasteiger partial charge in [-0.05, 0) is 112 Å². The van der Waals surface area contributed by atoms with Crippen molar-refractivity contribution in [2.75, 3.05) is 44.9 Å². The predicted molar refractivity (Wildman–Crippen MR) is 185 cm³/mol. The van der Waals surface area contributed by atoms with Crippen LogP contribution in [0.3, 0.4) is 0 Å². The summed E-state index contributed by atoms with van der Waals surface area (Å²) in [5, 5.41) is 14.1. The number of amides is 2. The number of nitrogens with zero attached hydrogens (tertiary/aromatic N) is 6. The van der Waals surface area contributed by atoms with E-state index in [1.165, 1.54) is 5.56 Å². The van der Waals surface area contributed by atoms with Crippen molar-refractivity contribution in [1.82, 2.24) is 19.7 Å². The van der Waals surface area contributed by atoms with Crippen molar-refractivity contribution in [2.45, 2.75) is 83.3 Å². The van der Waals surface area contributed by atoms with E-state index in [1.807, 2.05) is 46.2 Å². The third-order valence-electron chi connectivity index (χ3n) is 10.4. The molecule has 3 aliphatic rings. The second-order valence-corrected chi connectivity index (χ2v) is 13.9. The molecule has 2 aromatic heterocycles. The summed E-state index contributed by atoms with van der Waals surface area (Å²) < 4.78 is 18.5. The molecule has 0 N–H and O–H groups in total. The molecule has 1 aliphatic heterocycles. The number of pyridine rings is 1. The van der Waals surface area contributed by atoms with Gasteiger partial charge in [0.2, 0.25) is 5.91 Å². The number of aromatic nitrogens is 3. The van der Waals surface area contributed by atoms with E-state index >= 15 is 0 Å². The molecule has 3 fully saturated rings. The number of anilines is 1. The Kier molecular flexibility index (Phi) is 11.1. The number of carbonyl (C=O) groups is 2. The molecule has 2 aliphatic carbocycles. The minimum Gasteiger partial charge on any atom is -0.495 e. The lowest BCUT2D eigenvalue weighted by Crippen LogP contribution is -2.44. The van der Waals surface area contributed by atoms with Crippen LogP contribution in [0, 0.1) is 23.2 Å². The first-order chi connectivity index (χ1) is 23.8. The second kappa shape index (κ2) is 15.9. The van der Waals surface area contributed by atoms with Gasteiger partial charge in [0.15, 0.2) is 0 Å². The van der Waals surface area contributed by atoms with Crippen LogP contribution in [0.1, 0.15) is 88.3 Å². The molecular weight excluding hydrogens is 620 g/mol. The first-order valence-corrected chi connectivity index (χ1v) is 17.8. The highest BCUT2D eigenvalue weighted by atomic mass is 16.6. The second-order valence-electron chi connectivity index (χ2n) is 13.9. The van der Waals surface area contributed by atoms with Crippen molar-refractivity contribution in [3.8, 4) is 22.9 Å². The summed E-state index contributed by atoms with van der Waals surface area (Å²) in [6, 6.07) is 12.4. The van der Waals surface area contributed by atoms with Crippen molar-refractivity contribution in [2.24, 2.45) is 11.8 Å².